The van der Waals surface area contributed by atoms with Crippen LogP contribution in [-0.2, 0) is 20.9 Å². The number of allylic oxidation sites excluding steroid dienone is 1. The number of ether oxygens (including phenoxy) is 3. The lowest BCUT2D eigenvalue weighted by Crippen LogP contribution is -2.45. The van der Waals surface area contributed by atoms with Gasteiger partial charge in [-0.1, -0.05) is 77.8 Å². The van der Waals surface area contributed by atoms with Crippen LogP contribution in [0.25, 0.3) is 10.8 Å². The van der Waals surface area contributed by atoms with E-state index in [-0.39, 0.29) is 19.8 Å². The number of para-hydroxylation sites is 1. The van der Waals surface area contributed by atoms with Gasteiger partial charge in [0.15, 0.2) is 11.7 Å². The first-order chi connectivity index (χ1) is 22.2. The molecule has 0 saturated carbocycles. The Bertz CT molecular complexity index is 1860. The molecular weight excluding hydrogens is 647 g/mol. The Balaban J connectivity index is 1.29. The van der Waals surface area contributed by atoms with Crippen LogP contribution in [0.4, 0.5) is 0 Å². The molecule has 0 radical (unpaired) electrons. The number of thiocarbonyl (C=S) groups is 1. The van der Waals surface area contributed by atoms with Crippen LogP contribution in [0.15, 0.2) is 95.2 Å². The minimum absolute atomic E-state index is 0.217. The standard InChI is InChI=1S/C34H30Cl2N4O5S/c1-3-43-33(42)31-20(2)38-34(46)39-32(31)24-10-6-7-11-28(24)45-19-30(41)40-37-17-25-23-9-5-4-8-22(23)13-15-29(25)44-18-21-12-14-26(35)27(36)16-21/h4-17,32H,3,18-19H2,1-2H3,(H,40,41)(H2,38,39,46)/t32-/m0/s1. The first-order valence-electron chi connectivity index (χ1n) is 14.3. The number of nitrogens with one attached hydrogen (secondary N) is 3. The highest BCUT2D eigenvalue weighted by Crippen LogP contribution is 2.34. The Morgan fingerprint density at radius 3 is 2.57 bits per heavy atom. The molecule has 46 heavy (non-hydrogen) atoms. The van der Waals surface area contributed by atoms with E-state index >= 15 is 0 Å². The average molecular weight is 678 g/mol. The number of halogens is 2. The molecule has 1 aliphatic rings. The molecule has 4 aromatic rings. The van der Waals surface area contributed by atoms with Crippen molar-refractivity contribution in [1.82, 2.24) is 16.1 Å². The third-order valence-corrected chi connectivity index (χ3v) is 8.00. The summed E-state index contributed by atoms with van der Waals surface area (Å²) in [6, 6.07) is 23.3. The molecule has 0 saturated heterocycles. The minimum Gasteiger partial charge on any atom is -0.488 e. The monoisotopic (exact) mass is 676 g/mol. The molecule has 0 aromatic heterocycles. The Morgan fingerprint density at radius 2 is 1.76 bits per heavy atom. The Hall–Kier alpha value is -4.64. The molecule has 3 N–H and O–H groups in total. The van der Waals surface area contributed by atoms with E-state index in [0.29, 0.717) is 49.1 Å². The average Bonchev–Trinajstić information content (AvgIpc) is 3.04. The zero-order chi connectivity index (χ0) is 32.6. The van der Waals surface area contributed by atoms with Gasteiger partial charge < -0.3 is 24.8 Å². The number of carbonyl (C=O) groups excluding carboxylic acids is 2. The molecule has 5 rings (SSSR count). The van der Waals surface area contributed by atoms with Gasteiger partial charge >= 0.3 is 5.97 Å². The number of fused-ring (bicyclic) bond motifs is 1. The fourth-order valence-corrected chi connectivity index (χ4v) is 5.52. The first-order valence-corrected chi connectivity index (χ1v) is 15.5. The third kappa shape index (κ3) is 7.77. The topological polar surface area (TPSA) is 110 Å². The molecule has 1 atom stereocenters. The van der Waals surface area contributed by atoms with Crippen molar-refractivity contribution in [2.75, 3.05) is 13.2 Å². The van der Waals surface area contributed by atoms with E-state index in [2.05, 4.69) is 21.2 Å². The summed E-state index contributed by atoms with van der Waals surface area (Å²) in [5, 5.41) is 13.4. The van der Waals surface area contributed by atoms with Crippen LogP contribution in [0.5, 0.6) is 11.5 Å². The number of rotatable bonds is 11. The van der Waals surface area contributed by atoms with Crippen LogP contribution >= 0.6 is 35.4 Å². The highest BCUT2D eigenvalue weighted by atomic mass is 35.5. The predicted octanol–water partition coefficient (Wildman–Crippen LogP) is 6.61. The summed E-state index contributed by atoms with van der Waals surface area (Å²) >= 11 is 17.6. The van der Waals surface area contributed by atoms with Gasteiger partial charge in [-0.15, -0.1) is 0 Å². The number of esters is 1. The minimum atomic E-state index is -0.640. The molecule has 4 aromatic carbocycles. The summed E-state index contributed by atoms with van der Waals surface area (Å²) in [6.07, 6.45) is 1.54. The molecule has 0 spiro atoms. The molecule has 1 heterocycles. The largest absolute Gasteiger partial charge is 0.488 e. The van der Waals surface area contributed by atoms with Crippen LogP contribution < -0.4 is 25.5 Å². The van der Waals surface area contributed by atoms with Crippen LogP contribution in [0.3, 0.4) is 0 Å². The molecule has 9 nitrogen and oxygen atoms in total. The van der Waals surface area contributed by atoms with Gasteiger partial charge in [0.1, 0.15) is 18.1 Å². The molecule has 1 aliphatic heterocycles. The lowest BCUT2D eigenvalue weighted by Gasteiger charge is -2.30. The van der Waals surface area contributed by atoms with Crippen molar-refractivity contribution in [3.8, 4) is 11.5 Å². The van der Waals surface area contributed by atoms with Gasteiger partial charge in [-0.3, -0.25) is 4.79 Å². The lowest BCUT2D eigenvalue weighted by molar-refractivity contribution is -0.139. The Kier molecular flexibility index (Phi) is 10.7. The number of benzene rings is 4. The number of hydrazone groups is 1. The molecular formula is C34H30Cl2N4O5S. The summed E-state index contributed by atoms with van der Waals surface area (Å²) in [5.74, 6) is -0.00890. The molecule has 236 valence electrons. The zero-order valence-corrected chi connectivity index (χ0v) is 27.3. The molecule has 0 bridgehead atoms. The predicted molar refractivity (Wildman–Crippen MR) is 183 cm³/mol. The summed E-state index contributed by atoms with van der Waals surface area (Å²) in [6.45, 7) is 3.62. The second-order valence-electron chi connectivity index (χ2n) is 10.1. The zero-order valence-electron chi connectivity index (χ0n) is 24.9. The number of nitrogens with zero attached hydrogens (tertiary/aromatic N) is 1. The number of amides is 1. The van der Waals surface area contributed by atoms with Gasteiger partial charge in [-0.25, -0.2) is 10.2 Å². The molecule has 0 aliphatic carbocycles. The van der Waals surface area contributed by atoms with E-state index in [4.69, 9.17) is 49.6 Å². The first kappa shape index (κ1) is 32.7. The molecule has 0 fully saturated rings. The molecule has 12 heteroatoms. The van der Waals surface area contributed by atoms with E-state index in [0.717, 1.165) is 16.3 Å². The fourth-order valence-electron chi connectivity index (χ4n) is 4.93. The summed E-state index contributed by atoms with van der Waals surface area (Å²) < 4.78 is 17.3. The number of hydrogen-bond acceptors (Lipinski definition) is 7. The SMILES string of the molecule is CCOC(=O)C1=C(C)NC(=S)N[C@H]1c1ccccc1OCC(=O)NN=Cc1c(OCc2ccc(Cl)c(Cl)c2)ccc2ccccc12. The van der Waals surface area contributed by atoms with Crippen LogP contribution in [0.1, 0.15) is 36.6 Å². The van der Waals surface area contributed by atoms with Crippen molar-refractivity contribution in [1.29, 1.82) is 0 Å². The van der Waals surface area contributed by atoms with Crippen molar-refractivity contribution in [2.24, 2.45) is 5.10 Å². The maximum Gasteiger partial charge on any atom is 0.338 e. The van der Waals surface area contributed by atoms with Crippen LogP contribution in [-0.4, -0.2) is 36.4 Å². The maximum absolute atomic E-state index is 12.8. The summed E-state index contributed by atoms with van der Waals surface area (Å²) in [4.78, 5) is 25.7. The van der Waals surface area contributed by atoms with E-state index in [1.54, 1.807) is 44.2 Å². The van der Waals surface area contributed by atoms with Crippen LogP contribution in [0, 0.1) is 0 Å². The second kappa shape index (κ2) is 15.1. The third-order valence-electron chi connectivity index (χ3n) is 7.05. The van der Waals surface area contributed by atoms with Crippen LogP contribution in [0.2, 0.25) is 10.0 Å². The van der Waals surface area contributed by atoms with Crippen molar-refractivity contribution in [3.05, 3.63) is 117 Å². The molecule has 0 unspecified atom stereocenters. The van der Waals surface area contributed by atoms with Gasteiger partial charge in [0.05, 0.1) is 34.5 Å². The van der Waals surface area contributed by atoms with E-state index in [1.807, 2.05) is 48.5 Å². The Labute approximate surface area is 281 Å². The highest BCUT2D eigenvalue weighted by Gasteiger charge is 2.32. The van der Waals surface area contributed by atoms with Crippen molar-refractivity contribution in [2.45, 2.75) is 26.5 Å². The van der Waals surface area contributed by atoms with Gasteiger partial charge in [0.25, 0.3) is 5.91 Å². The quantitative estimate of drug-likeness (QED) is 0.0705. The maximum atomic E-state index is 12.8. The van der Waals surface area contributed by atoms with Crippen molar-refractivity contribution < 1.29 is 23.8 Å². The number of carbonyl (C=O) groups is 2. The highest BCUT2D eigenvalue weighted by molar-refractivity contribution is 7.80. The number of hydrogen-bond donors (Lipinski definition) is 3. The lowest BCUT2D eigenvalue weighted by atomic mass is 9.95. The summed E-state index contributed by atoms with van der Waals surface area (Å²) in [5.41, 5.74) is 5.61. The van der Waals surface area contributed by atoms with E-state index < -0.39 is 17.9 Å². The van der Waals surface area contributed by atoms with Gasteiger partial charge in [-0.05, 0) is 66.7 Å². The van der Waals surface area contributed by atoms with Gasteiger partial charge in [0.2, 0.25) is 0 Å². The second-order valence-corrected chi connectivity index (χ2v) is 11.4. The summed E-state index contributed by atoms with van der Waals surface area (Å²) in [7, 11) is 0. The van der Waals surface area contributed by atoms with Gasteiger partial charge in [-0.2, -0.15) is 5.10 Å². The normalized spacial score (nSPS) is 14.5. The smallest absolute Gasteiger partial charge is 0.338 e. The Morgan fingerprint density at radius 1 is 0.978 bits per heavy atom. The van der Waals surface area contributed by atoms with E-state index in [9.17, 15) is 9.59 Å². The van der Waals surface area contributed by atoms with Crippen molar-refractivity contribution in [3.63, 3.8) is 0 Å². The van der Waals surface area contributed by atoms with E-state index in [1.165, 1.54) is 6.21 Å². The fraction of sp³-hybridized carbons (Fsp3) is 0.176. The van der Waals surface area contributed by atoms with Crippen molar-refractivity contribution >= 4 is 69.4 Å². The van der Waals surface area contributed by atoms with Gasteiger partial charge in [0, 0.05) is 16.8 Å². The molecule has 1 amide bonds.